The highest BCUT2D eigenvalue weighted by Crippen LogP contribution is 2.34. The Labute approximate surface area is 71.1 Å². The van der Waals surface area contributed by atoms with Gasteiger partial charge in [0.15, 0.2) is 6.54 Å². The molecule has 0 aliphatic carbocycles. The molecule has 12 heavy (non-hydrogen) atoms. The third-order valence-electron chi connectivity index (χ3n) is 2.45. The van der Waals surface area contributed by atoms with Crippen molar-refractivity contribution in [1.82, 2.24) is 5.27 Å². The van der Waals surface area contributed by atoms with E-state index in [4.69, 9.17) is 9.26 Å². The number of aryl methyl sites for hydroxylation is 1. The quantitative estimate of drug-likeness (QED) is 0.579. The molecule has 66 valence electrons. The molecule has 0 atom stereocenters. The van der Waals surface area contributed by atoms with Gasteiger partial charge in [0.1, 0.15) is 0 Å². The maximum atomic E-state index is 5.08. The summed E-state index contributed by atoms with van der Waals surface area (Å²) in [5.41, 5.74) is 1.20. The number of nitrogens with zero attached hydrogens (tertiary/aromatic N) is 2. The molecule has 0 fully saturated rings. The van der Waals surface area contributed by atoms with Crippen LogP contribution in [0.1, 0.15) is 26.0 Å². The van der Waals surface area contributed by atoms with Gasteiger partial charge in [-0.3, -0.25) is 4.52 Å². The molecule has 0 bridgehead atoms. The Hall–Kier alpha value is -1.06. The molecule has 4 heteroatoms. The molecule has 1 aromatic rings. The van der Waals surface area contributed by atoms with Crippen LogP contribution in [-0.2, 0) is 12.0 Å². The summed E-state index contributed by atoms with van der Waals surface area (Å²) in [6.07, 6.45) is 1.10. The van der Waals surface area contributed by atoms with Crippen molar-refractivity contribution in [2.75, 3.05) is 7.11 Å². The molecule has 1 aromatic heterocycles. The van der Waals surface area contributed by atoms with Crippen molar-refractivity contribution in [3.05, 3.63) is 5.69 Å². The highest BCUT2D eigenvalue weighted by atomic mass is 16.6. The van der Waals surface area contributed by atoms with Gasteiger partial charge in [0.2, 0.25) is 5.27 Å². The van der Waals surface area contributed by atoms with Crippen LogP contribution >= 0.6 is 0 Å². The molecule has 0 N–H and O–H groups in total. The molecule has 0 aromatic carbocycles. The molecule has 0 saturated carbocycles. The Morgan fingerprint density at radius 1 is 1.58 bits per heavy atom. The van der Waals surface area contributed by atoms with Crippen LogP contribution in [0.2, 0.25) is 0 Å². The zero-order valence-corrected chi connectivity index (χ0v) is 7.63. The number of ether oxygens (including phenoxy) is 1. The van der Waals surface area contributed by atoms with Crippen LogP contribution in [0.25, 0.3) is 0 Å². The molecule has 0 unspecified atom stereocenters. The minimum Gasteiger partial charge on any atom is -0.462 e. The number of hydrogen-bond acceptors (Lipinski definition) is 3. The lowest BCUT2D eigenvalue weighted by Crippen LogP contribution is -2.35. The minimum atomic E-state index is 0.130. The van der Waals surface area contributed by atoms with E-state index in [0.717, 1.165) is 18.7 Å². The van der Waals surface area contributed by atoms with Crippen molar-refractivity contribution in [2.45, 2.75) is 32.2 Å². The number of rotatable bonds is 1. The SMILES string of the molecule is COc1on[n+]2c1C(C)(C)CC2. The fraction of sp³-hybridized carbons (Fsp3) is 0.750. The number of methoxy groups -OCH3 is 1. The summed E-state index contributed by atoms with van der Waals surface area (Å²) in [4.78, 5) is 0. The van der Waals surface area contributed by atoms with E-state index < -0.39 is 0 Å². The van der Waals surface area contributed by atoms with E-state index in [0.29, 0.717) is 5.95 Å². The standard InChI is InChI=1S/C8H13N2O2/c1-8(2)4-5-10-6(8)7(11-3)12-9-10/h4-5H2,1-3H3/q+1. The molecule has 1 aliphatic rings. The van der Waals surface area contributed by atoms with Crippen LogP contribution in [0.15, 0.2) is 4.52 Å². The minimum absolute atomic E-state index is 0.130. The summed E-state index contributed by atoms with van der Waals surface area (Å²) in [7, 11) is 1.61. The highest BCUT2D eigenvalue weighted by molar-refractivity contribution is 5.19. The van der Waals surface area contributed by atoms with Gasteiger partial charge in [-0.15, -0.1) is 0 Å². The fourth-order valence-electron chi connectivity index (χ4n) is 1.69. The number of fused-ring (bicyclic) bond motifs is 1. The summed E-state index contributed by atoms with van der Waals surface area (Å²) in [5, 5.41) is 3.88. The smallest absolute Gasteiger partial charge is 0.386 e. The first kappa shape index (κ1) is 7.58. The van der Waals surface area contributed by atoms with Crippen molar-refractivity contribution in [1.29, 1.82) is 0 Å². The lowest BCUT2D eigenvalue weighted by molar-refractivity contribution is -0.757. The van der Waals surface area contributed by atoms with Crippen LogP contribution in [0.5, 0.6) is 5.95 Å². The van der Waals surface area contributed by atoms with Gasteiger partial charge in [0.25, 0.3) is 5.69 Å². The molecular formula is C8H13N2O2+. The summed E-state index contributed by atoms with van der Waals surface area (Å²) in [6, 6.07) is 0. The summed E-state index contributed by atoms with van der Waals surface area (Å²) >= 11 is 0. The first-order chi connectivity index (χ1) is 5.65. The molecule has 0 radical (unpaired) electrons. The summed E-state index contributed by atoms with van der Waals surface area (Å²) in [6.45, 7) is 5.27. The van der Waals surface area contributed by atoms with E-state index in [-0.39, 0.29) is 5.41 Å². The monoisotopic (exact) mass is 169 g/mol. The maximum absolute atomic E-state index is 5.08. The molecular weight excluding hydrogens is 156 g/mol. The topological polar surface area (TPSA) is 39.1 Å². The third-order valence-corrected chi connectivity index (χ3v) is 2.45. The second-order valence-corrected chi connectivity index (χ2v) is 3.77. The van der Waals surface area contributed by atoms with Crippen molar-refractivity contribution in [3.8, 4) is 5.95 Å². The molecule has 4 nitrogen and oxygen atoms in total. The average Bonchev–Trinajstić information content (AvgIpc) is 2.53. The van der Waals surface area contributed by atoms with Gasteiger partial charge in [-0.25, -0.2) is 0 Å². The lowest BCUT2D eigenvalue weighted by Gasteiger charge is -2.08. The van der Waals surface area contributed by atoms with Gasteiger partial charge in [0.05, 0.1) is 12.5 Å². The third kappa shape index (κ3) is 0.838. The zero-order valence-electron chi connectivity index (χ0n) is 7.63. The van der Waals surface area contributed by atoms with E-state index in [1.165, 1.54) is 0 Å². The van der Waals surface area contributed by atoms with E-state index in [9.17, 15) is 0 Å². The van der Waals surface area contributed by atoms with Gasteiger partial charge < -0.3 is 4.74 Å². The summed E-state index contributed by atoms with van der Waals surface area (Å²) in [5.74, 6) is 0.553. The lowest BCUT2D eigenvalue weighted by atomic mass is 9.89. The van der Waals surface area contributed by atoms with E-state index in [1.54, 1.807) is 7.11 Å². The predicted octanol–water partition coefficient (Wildman–Crippen LogP) is 0.652. The number of aromatic nitrogens is 2. The van der Waals surface area contributed by atoms with Crippen LogP contribution < -0.4 is 9.42 Å². The predicted molar refractivity (Wildman–Crippen MR) is 40.9 cm³/mol. The van der Waals surface area contributed by atoms with Crippen LogP contribution in [-0.4, -0.2) is 12.4 Å². The van der Waals surface area contributed by atoms with Crippen molar-refractivity contribution < 1.29 is 13.9 Å². The van der Waals surface area contributed by atoms with E-state index in [1.807, 2.05) is 4.68 Å². The summed E-state index contributed by atoms with van der Waals surface area (Å²) < 4.78 is 12.0. The number of hydrogen-bond donors (Lipinski definition) is 0. The Balaban J connectivity index is 2.53. The van der Waals surface area contributed by atoms with Gasteiger partial charge >= 0.3 is 5.95 Å². The van der Waals surface area contributed by atoms with Crippen molar-refractivity contribution in [2.24, 2.45) is 0 Å². The highest BCUT2D eigenvalue weighted by Gasteiger charge is 2.46. The molecule has 0 amide bonds. The first-order valence-electron chi connectivity index (χ1n) is 4.09. The van der Waals surface area contributed by atoms with Crippen molar-refractivity contribution >= 4 is 0 Å². The molecule has 2 rings (SSSR count). The van der Waals surface area contributed by atoms with Crippen LogP contribution in [0, 0.1) is 0 Å². The van der Waals surface area contributed by atoms with Gasteiger partial charge in [-0.05, 0) is 18.5 Å². The normalized spacial score (nSPS) is 19.2. The van der Waals surface area contributed by atoms with Crippen molar-refractivity contribution in [3.63, 3.8) is 0 Å². The van der Waals surface area contributed by atoms with E-state index in [2.05, 4.69) is 19.1 Å². The Bertz CT molecular complexity index is 304. The largest absolute Gasteiger partial charge is 0.462 e. The molecule has 2 heterocycles. The average molecular weight is 169 g/mol. The Morgan fingerprint density at radius 2 is 2.33 bits per heavy atom. The fourth-order valence-corrected chi connectivity index (χ4v) is 1.69. The van der Waals surface area contributed by atoms with Crippen LogP contribution in [0.3, 0.4) is 0 Å². The molecule has 0 saturated heterocycles. The van der Waals surface area contributed by atoms with Gasteiger partial charge in [-0.2, -0.15) is 0 Å². The van der Waals surface area contributed by atoms with Gasteiger partial charge in [-0.1, -0.05) is 0 Å². The zero-order chi connectivity index (χ0) is 8.77. The maximum Gasteiger partial charge on any atom is 0.386 e. The van der Waals surface area contributed by atoms with Gasteiger partial charge in [0, 0.05) is 6.42 Å². The second-order valence-electron chi connectivity index (χ2n) is 3.77. The van der Waals surface area contributed by atoms with Crippen LogP contribution in [0.4, 0.5) is 0 Å². The first-order valence-corrected chi connectivity index (χ1v) is 4.09. The van der Waals surface area contributed by atoms with E-state index >= 15 is 0 Å². The second kappa shape index (κ2) is 2.21. The Kier molecular flexibility index (Phi) is 1.40. The Morgan fingerprint density at radius 3 is 3.00 bits per heavy atom. The molecule has 0 spiro atoms. The molecule has 1 aliphatic heterocycles.